The molecular formula is C25H23N3O5S. The average molecular weight is 478 g/mol. The molecule has 1 aliphatic rings. The van der Waals surface area contributed by atoms with Gasteiger partial charge in [-0.25, -0.2) is 8.42 Å². The topological polar surface area (TPSA) is 93.0 Å². The highest BCUT2D eigenvalue weighted by Gasteiger charge is 2.33. The maximum Gasteiger partial charge on any atom is 0.290 e. The van der Waals surface area contributed by atoms with Gasteiger partial charge in [-0.2, -0.15) is 4.31 Å². The normalized spacial score (nSPS) is 14.9. The molecule has 9 heteroatoms. The van der Waals surface area contributed by atoms with Gasteiger partial charge in [-0.3, -0.25) is 9.78 Å². The van der Waals surface area contributed by atoms with Crippen LogP contribution in [0.4, 0.5) is 0 Å². The first-order chi connectivity index (χ1) is 16.5. The Hall–Kier alpha value is -3.69. The summed E-state index contributed by atoms with van der Waals surface area (Å²) < 4.78 is 38.6. The molecule has 1 saturated heterocycles. The number of nitrogens with zero attached hydrogens (tertiary/aromatic N) is 3. The molecule has 0 aliphatic carbocycles. The molecule has 1 fully saturated rings. The summed E-state index contributed by atoms with van der Waals surface area (Å²) in [5, 5.41) is 0.813. The summed E-state index contributed by atoms with van der Waals surface area (Å²) in [6, 6.07) is 18.2. The van der Waals surface area contributed by atoms with Crippen LogP contribution >= 0.6 is 0 Å². The van der Waals surface area contributed by atoms with E-state index in [0.29, 0.717) is 16.9 Å². The molecule has 3 heterocycles. The van der Waals surface area contributed by atoms with E-state index in [1.54, 1.807) is 24.1 Å². The predicted molar refractivity (Wildman–Crippen MR) is 127 cm³/mol. The summed E-state index contributed by atoms with van der Waals surface area (Å²) in [4.78, 5) is 19.3. The van der Waals surface area contributed by atoms with Crippen molar-refractivity contribution in [2.45, 2.75) is 4.90 Å². The third-order valence-corrected chi connectivity index (χ3v) is 7.83. The molecule has 0 radical (unpaired) electrons. The van der Waals surface area contributed by atoms with Gasteiger partial charge in [-0.15, -0.1) is 0 Å². The summed E-state index contributed by atoms with van der Waals surface area (Å²) in [7, 11) is -2.08. The Bertz CT molecular complexity index is 1430. The quantitative estimate of drug-likeness (QED) is 0.436. The second-order valence-electron chi connectivity index (χ2n) is 7.92. The first-order valence-corrected chi connectivity index (χ1v) is 12.3. The smallest absolute Gasteiger partial charge is 0.290 e. The maximum atomic E-state index is 13.6. The lowest BCUT2D eigenvalue weighted by Crippen LogP contribution is -2.50. The minimum absolute atomic E-state index is 0.146. The predicted octanol–water partition coefficient (Wildman–Crippen LogP) is 3.65. The highest BCUT2D eigenvalue weighted by Crippen LogP contribution is 2.37. The molecule has 1 aliphatic heterocycles. The number of fused-ring (bicyclic) bond motifs is 1. The van der Waals surface area contributed by atoms with Crippen LogP contribution in [0.1, 0.15) is 10.6 Å². The van der Waals surface area contributed by atoms with E-state index in [9.17, 15) is 13.2 Å². The van der Waals surface area contributed by atoms with E-state index in [0.717, 1.165) is 10.9 Å². The lowest BCUT2D eigenvalue weighted by molar-refractivity contribution is 0.0669. The molecule has 0 saturated carbocycles. The van der Waals surface area contributed by atoms with Gasteiger partial charge in [0.25, 0.3) is 5.91 Å². The Morgan fingerprint density at radius 1 is 1.00 bits per heavy atom. The Morgan fingerprint density at radius 3 is 2.44 bits per heavy atom. The molecule has 8 nitrogen and oxygen atoms in total. The number of rotatable bonds is 5. The summed E-state index contributed by atoms with van der Waals surface area (Å²) >= 11 is 0. The number of methoxy groups -OCH3 is 1. The van der Waals surface area contributed by atoms with Gasteiger partial charge < -0.3 is 14.1 Å². The summed E-state index contributed by atoms with van der Waals surface area (Å²) in [6.07, 6.45) is 2.87. The first-order valence-electron chi connectivity index (χ1n) is 10.8. The van der Waals surface area contributed by atoms with Crippen molar-refractivity contribution in [3.05, 3.63) is 78.8 Å². The van der Waals surface area contributed by atoms with Gasteiger partial charge in [0.05, 0.1) is 7.11 Å². The van der Waals surface area contributed by atoms with Gasteiger partial charge >= 0.3 is 0 Å². The molecule has 2 aromatic carbocycles. The third kappa shape index (κ3) is 3.93. The Morgan fingerprint density at radius 2 is 1.76 bits per heavy atom. The van der Waals surface area contributed by atoms with Gasteiger partial charge in [0.2, 0.25) is 15.8 Å². The standard InChI is InChI=1S/C25H23N3O5S/c1-32-19-9-10-21-22(16-19)33-24(23(21)18-6-3-2-4-7-18)25(29)27-12-14-28(15-13-27)34(30,31)20-8-5-11-26-17-20/h2-11,16-17H,12-15H2,1H3. The van der Waals surface area contributed by atoms with Gasteiger partial charge in [-0.05, 0) is 29.8 Å². The highest BCUT2D eigenvalue weighted by atomic mass is 32.2. The fourth-order valence-electron chi connectivity index (χ4n) is 4.17. The Labute approximate surface area is 197 Å². The second kappa shape index (κ2) is 8.92. The maximum absolute atomic E-state index is 13.6. The summed E-state index contributed by atoms with van der Waals surface area (Å²) in [5.41, 5.74) is 2.14. The van der Waals surface area contributed by atoms with E-state index in [4.69, 9.17) is 9.15 Å². The van der Waals surface area contributed by atoms with Gasteiger partial charge in [0.1, 0.15) is 16.2 Å². The van der Waals surface area contributed by atoms with Crippen LogP contribution in [0.2, 0.25) is 0 Å². The van der Waals surface area contributed by atoms with Gasteiger partial charge in [0, 0.05) is 55.6 Å². The zero-order valence-electron chi connectivity index (χ0n) is 18.5. The molecule has 2 aromatic heterocycles. The third-order valence-electron chi connectivity index (χ3n) is 5.95. The van der Waals surface area contributed by atoms with Crippen LogP contribution in [0.5, 0.6) is 5.75 Å². The number of carbonyl (C=O) groups is 1. The lowest BCUT2D eigenvalue weighted by atomic mass is 10.0. The van der Waals surface area contributed by atoms with Crippen molar-refractivity contribution in [3.63, 3.8) is 0 Å². The minimum atomic E-state index is -3.66. The van der Waals surface area contributed by atoms with Gasteiger partial charge in [0.15, 0.2) is 0 Å². The number of piperazine rings is 1. The number of hydrogen-bond donors (Lipinski definition) is 0. The van der Waals surface area contributed by atoms with Crippen molar-refractivity contribution in [1.29, 1.82) is 0 Å². The zero-order valence-corrected chi connectivity index (χ0v) is 19.4. The fraction of sp³-hybridized carbons (Fsp3) is 0.200. The molecule has 0 spiro atoms. The number of amides is 1. The van der Waals surface area contributed by atoms with Crippen molar-refractivity contribution in [3.8, 4) is 16.9 Å². The number of pyridine rings is 1. The Kier molecular flexibility index (Phi) is 5.80. The van der Waals surface area contributed by atoms with Crippen LogP contribution in [0.15, 0.2) is 82.4 Å². The number of carbonyl (C=O) groups excluding carboxylic acids is 1. The van der Waals surface area contributed by atoms with E-state index in [1.807, 2.05) is 42.5 Å². The molecule has 0 bridgehead atoms. The van der Waals surface area contributed by atoms with Crippen LogP contribution in [0.3, 0.4) is 0 Å². The highest BCUT2D eigenvalue weighted by molar-refractivity contribution is 7.89. The first kappa shape index (κ1) is 22.1. The SMILES string of the molecule is COc1ccc2c(-c3ccccc3)c(C(=O)N3CCN(S(=O)(=O)c4cccnc4)CC3)oc2c1. The number of aromatic nitrogens is 1. The van der Waals surface area contributed by atoms with Gasteiger partial charge in [-0.1, -0.05) is 30.3 Å². The second-order valence-corrected chi connectivity index (χ2v) is 9.86. The number of ether oxygens (including phenoxy) is 1. The van der Waals surface area contributed by atoms with Crippen LogP contribution in [0, 0.1) is 0 Å². The van der Waals surface area contributed by atoms with Crippen molar-refractivity contribution >= 4 is 26.9 Å². The number of benzene rings is 2. The van der Waals surface area contributed by atoms with Crippen LogP contribution in [0.25, 0.3) is 22.1 Å². The van der Waals surface area contributed by atoms with Crippen molar-refractivity contribution in [2.24, 2.45) is 0 Å². The average Bonchev–Trinajstić information content (AvgIpc) is 3.28. The van der Waals surface area contributed by atoms with Crippen LogP contribution in [-0.2, 0) is 10.0 Å². The molecule has 1 amide bonds. The van der Waals surface area contributed by atoms with Crippen LogP contribution in [-0.4, -0.2) is 61.8 Å². The van der Waals surface area contributed by atoms with E-state index in [-0.39, 0.29) is 42.7 Å². The molecule has 34 heavy (non-hydrogen) atoms. The van der Waals surface area contributed by atoms with Crippen LogP contribution < -0.4 is 4.74 Å². The molecular weight excluding hydrogens is 454 g/mol. The number of hydrogen-bond acceptors (Lipinski definition) is 6. The molecule has 0 unspecified atom stereocenters. The monoisotopic (exact) mass is 477 g/mol. The van der Waals surface area contributed by atoms with E-state index >= 15 is 0 Å². The van der Waals surface area contributed by atoms with Crippen molar-refractivity contribution < 1.29 is 22.4 Å². The molecule has 0 N–H and O–H groups in total. The number of furan rings is 1. The minimum Gasteiger partial charge on any atom is -0.497 e. The Balaban J connectivity index is 1.44. The summed E-state index contributed by atoms with van der Waals surface area (Å²) in [5.74, 6) is 0.597. The van der Waals surface area contributed by atoms with E-state index < -0.39 is 10.0 Å². The van der Waals surface area contributed by atoms with E-state index in [2.05, 4.69) is 4.98 Å². The van der Waals surface area contributed by atoms with Crippen molar-refractivity contribution in [2.75, 3.05) is 33.3 Å². The molecule has 4 aromatic rings. The summed E-state index contributed by atoms with van der Waals surface area (Å²) in [6.45, 7) is 0.898. The van der Waals surface area contributed by atoms with E-state index in [1.165, 1.54) is 22.8 Å². The zero-order chi connectivity index (χ0) is 23.7. The largest absolute Gasteiger partial charge is 0.497 e. The van der Waals surface area contributed by atoms with Crippen molar-refractivity contribution in [1.82, 2.24) is 14.2 Å². The fourth-order valence-corrected chi connectivity index (χ4v) is 5.56. The molecule has 174 valence electrons. The lowest BCUT2D eigenvalue weighted by Gasteiger charge is -2.33. The number of sulfonamides is 1. The molecule has 5 rings (SSSR count). The molecule has 0 atom stereocenters.